The van der Waals surface area contributed by atoms with Crippen molar-refractivity contribution in [3.05, 3.63) is 53.3 Å². The Labute approximate surface area is 145 Å². The van der Waals surface area contributed by atoms with Crippen molar-refractivity contribution in [1.29, 1.82) is 0 Å². The number of methoxy groups -OCH3 is 2. The van der Waals surface area contributed by atoms with Crippen molar-refractivity contribution in [1.82, 2.24) is 9.97 Å². The highest BCUT2D eigenvalue weighted by Gasteiger charge is 2.07. The summed E-state index contributed by atoms with van der Waals surface area (Å²) >= 11 is 6.00. The average Bonchev–Trinajstić information content (AvgIpc) is 2.61. The molecule has 0 fully saturated rings. The van der Waals surface area contributed by atoms with Gasteiger partial charge < -0.3 is 14.8 Å². The lowest BCUT2D eigenvalue weighted by Gasteiger charge is -2.11. The molecule has 0 aliphatic carbocycles. The molecule has 0 radical (unpaired) electrons. The molecule has 1 heterocycles. The minimum Gasteiger partial charge on any atom is -0.493 e. The van der Waals surface area contributed by atoms with Gasteiger partial charge in [-0.05, 0) is 47.9 Å². The summed E-state index contributed by atoms with van der Waals surface area (Å²) in [4.78, 5) is 8.52. The zero-order chi connectivity index (χ0) is 16.9. The van der Waals surface area contributed by atoms with Crippen molar-refractivity contribution < 1.29 is 9.47 Å². The number of benzene rings is 2. The molecule has 0 aliphatic rings. The standard InChI is InChI=1S/C18H18ClN3O2/c1-23-15-8-7-12(11-16(15)24-2)9-10-20-17-13-5-3-4-6-14(13)21-18(19)22-17/h3-8,11H,9-10H2,1-2H3,(H,20,21,22). The highest BCUT2D eigenvalue weighted by molar-refractivity contribution is 6.28. The number of hydrogen-bond acceptors (Lipinski definition) is 5. The highest BCUT2D eigenvalue weighted by atomic mass is 35.5. The van der Waals surface area contributed by atoms with Crippen molar-refractivity contribution in [2.75, 3.05) is 26.1 Å². The second-order valence-electron chi connectivity index (χ2n) is 5.22. The zero-order valence-electron chi connectivity index (χ0n) is 13.5. The van der Waals surface area contributed by atoms with E-state index in [1.54, 1.807) is 14.2 Å². The van der Waals surface area contributed by atoms with E-state index in [1.807, 2.05) is 42.5 Å². The Hall–Kier alpha value is -2.53. The molecule has 2 aromatic carbocycles. The molecule has 0 saturated heterocycles. The Morgan fingerprint density at radius 1 is 1.00 bits per heavy atom. The predicted octanol–water partition coefficient (Wildman–Crippen LogP) is 3.96. The molecule has 1 aromatic heterocycles. The van der Waals surface area contributed by atoms with Gasteiger partial charge in [-0.2, -0.15) is 0 Å². The van der Waals surface area contributed by atoms with Crippen LogP contribution in [0, 0.1) is 0 Å². The maximum absolute atomic E-state index is 6.00. The number of fused-ring (bicyclic) bond motifs is 1. The van der Waals surface area contributed by atoms with Gasteiger partial charge in [-0.15, -0.1) is 0 Å². The van der Waals surface area contributed by atoms with Crippen LogP contribution in [0.25, 0.3) is 10.9 Å². The highest BCUT2D eigenvalue weighted by Crippen LogP contribution is 2.28. The van der Waals surface area contributed by atoms with E-state index in [4.69, 9.17) is 21.1 Å². The van der Waals surface area contributed by atoms with Crippen molar-refractivity contribution in [2.45, 2.75) is 6.42 Å². The Morgan fingerprint density at radius 2 is 1.79 bits per heavy atom. The number of aromatic nitrogens is 2. The van der Waals surface area contributed by atoms with Crippen LogP contribution in [0.2, 0.25) is 5.28 Å². The zero-order valence-corrected chi connectivity index (χ0v) is 14.3. The molecule has 0 saturated carbocycles. The summed E-state index contributed by atoms with van der Waals surface area (Å²) in [5, 5.41) is 4.53. The third-order valence-corrected chi connectivity index (χ3v) is 3.90. The fourth-order valence-corrected chi connectivity index (χ4v) is 2.72. The molecule has 3 aromatic rings. The lowest BCUT2D eigenvalue weighted by atomic mass is 10.1. The molecular formula is C18H18ClN3O2. The van der Waals surface area contributed by atoms with E-state index in [0.717, 1.165) is 40.2 Å². The molecule has 0 atom stereocenters. The first-order chi connectivity index (χ1) is 11.7. The third-order valence-electron chi connectivity index (χ3n) is 3.73. The first-order valence-electron chi connectivity index (χ1n) is 7.58. The Morgan fingerprint density at radius 3 is 2.58 bits per heavy atom. The number of halogens is 1. The molecule has 0 amide bonds. The maximum atomic E-state index is 6.00. The largest absolute Gasteiger partial charge is 0.493 e. The number of nitrogens with one attached hydrogen (secondary N) is 1. The summed E-state index contributed by atoms with van der Waals surface area (Å²) in [5.74, 6) is 2.19. The number of hydrogen-bond donors (Lipinski definition) is 1. The van der Waals surface area contributed by atoms with Gasteiger partial charge in [0.25, 0.3) is 0 Å². The van der Waals surface area contributed by atoms with Crippen LogP contribution in [0.3, 0.4) is 0 Å². The van der Waals surface area contributed by atoms with Crippen LogP contribution < -0.4 is 14.8 Å². The monoisotopic (exact) mass is 343 g/mol. The van der Waals surface area contributed by atoms with E-state index in [1.165, 1.54) is 0 Å². The van der Waals surface area contributed by atoms with Crippen LogP contribution in [0.4, 0.5) is 5.82 Å². The summed E-state index contributed by atoms with van der Waals surface area (Å²) in [6, 6.07) is 13.7. The van der Waals surface area contributed by atoms with E-state index in [0.29, 0.717) is 6.54 Å². The van der Waals surface area contributed by atoms with Gasteiger partial charge in [-0.25, -0.2) is 9.97 Å². The molecule has 124 valence electrons. The first kappa shape index (κ1) is 16.3. The van der Waals surface area contributed by atoms with Crippen molar-refractivity contribution >= 4 is 28.3 Å². The normalized spacial score (nSPS) is 10.6. The fourth-order valence-electron chi connectivity index (χ4n) is 2.54. The average molecular weight is 344 g/mol. The van der Waals surface area contributed by atoms with E-state index < -0.39 is 0 Å². The first-order valence-corrected chi connectivity index (χ1v) is 7.96. The second kappa shape index (κ2) is 7.36. The van der Waals surface area contributed by atoms with E-state index in [9.17, 15) is 0 Å². The van der Waals surface area contributed by atoms with Crippen LogP contribution in [-0.4, -0.2) is 30.7 Å². The van der Waals surface area contributed by atoms with Crippen LogP contribution in [0.5, 0.6) is 11.5 Å². The third kappa shape index (κ3) is 3.51. The van der Waals surface area contributed by atoms with Crippen LogP contribution >= 0.6 is 11.6 Å². The summed E-state index contributed by atoms with van der Waals surface area (Å²) < 4.78 is 10.6. The Bertz CT molecular complexity index is 855. The van der Waals surface area contributed by atoms with E-state index in [2.05, 4.69) is 15.3 Å². The van der Waals surface area contributed by atoms with E-state index >= 15 is 0 Å². The molecule has 5 nitrogen and oxygen atoms in total. The lowest BCUT2D eigenvalue weighted by Crippen LogP contribution is -2.07. The lowest BCUT2D eigenvalue weighted by molar-refractivity contribution is 0.354. The van der Waals surface area contributed by atoms with Crippen molar-refractivity contribution in [3.63, 3.8) is 0 Å². The van der Waals surface area contributed by atoms with Gasteiger partial charge in [0.1, 0.15) is 5.82 Å². The number of ether oxygens (including phenoxy) is 2. The molecule has 6 heteroatoms. The number of rotatable bonds is 6. The van der Waals surface area contributed by atoms with E-state index in [-0.39, 0.29) is 5.28 Å². The predicted molar refractivity (Wildman–Crippen MR) is 96.3 cm³/mol. The topological polar surface area (TPSA) is 56.3 Å². The minimum atomic E-state index is 0.238. The Kier molecular flexibility index (Phi) is 5.01. The molecule has 3 rings (SSSR count). The molecule has 24 heavy (non-hydrogen) atoms. The van der Waals surface area contributed by atoms with Gasteiger partial charge in [-0.1, -0.05) is 18.2 Å². The summed E-state index contributed by atoms with van der Waals surface area (Å²) in [5.41, 5.74) is 1.97. The fraction of sp³-hybridized carbons (Fsp3) is 0.222. The second-order valence-corrected chi connectivity index (χ2v) is 5.56. The number of anilines is 1. The number of para-hydroxylation sites is 1. The van der Waals surface area contributed by atoms with Gasteiger partial charge in [0.15, 0.2) is 11.5 Å². The van der Waals surface area contributed by atoms with Gasteiger partial charge in [0.05, 0.1) is 19.7 Å². The van der Waals surface area contributed by atoms with Crippen LogP contribution in [-0.2, 0) is 6.42 Å². The molecule has 1 N–H and O–H groups in total. The summed E-state index contributed by atoms with van der Waals surface area (Å²) in [7, 11) is 3.26. The summed E-state index contributed by atoms with van der Waals surface area (Å²) in [6.45, 7) is 0.715. The maximum Gasteiger partial charge on any atom is 0.224 e. The molecular weight excluding hydrogens is 326 g/mol. The molecule has 0 spiro atoms. The van der Waals surface area contributed by atoms with Gasteiger partial charge in [0, 0.05) is 11.9 Å². The quantitative estimate of drug-likeness (QED) is 0.687. The van der Waals surface area contributed by atoms with Gasteiger partial charge >= 0.3 is 0 Å². The van der Waals surface area contributed by atoms with Crippen LogP contribution in [0.1, 0.15) is 5.56 Å². The molecule has 0 bridgehead atoms. The summed E-state index contributed by atoms with van der Waals surface area (Å²) in [6.07, 6.45) is 0.816. The smallest absolute Gasteiger partial charge is 0.224 e. The van der Waals surface area contributed by atoms with Gasteiger partial charge in [0.2, 0.25) is 5.28 Å². The minimum absolute atomic E-state index is 0.238. The molecule has 0 unspecified atom stereocenters. The number of nitrogens with zero attached hydrogens (tertiary/aromatic N) is 2. The van der Waals surface area contributed by atoms with Gasteiger partial charge in [-0.3, -0.25) is 0 Å². The molecule has 0 aliphatic heterocycles. The SMILES string of the molecule is COc1ccc(CCNc2nc(Cl)nc3ccccc23)cc1OC. The van der Waals surface area contributed by atoms with Crippen molar-refractivity contribution in [3.8, 4) is 11.5 Å². The Balaban J connectivity index is 1.73. The van der Waals surface area contributed by atoms with Crippen LogP contribution in [0.15, 0.2) is 42.5 Å². The van der Waals surface area contributed by atoms with Crippen molar-refractivity contribution in [2.24, 2.45) is 0 Å².